The molecule has 2 aliphatic heterocycles. The van der Waals surface area contributed by atoms with Gasteiger partial charge in [-0.15, -0.1) is 0 Å². The molecule has 0 aromatic heterocycles. The Bertz CT molecular complexity index is 1370. The van der Waals surface area contributed by atoms with Crippen LogP contribution in [0.3, 0.4) is 0 Å². The van der Waals surface area contributed by atoms with Crippen molar-refractivity contribution in [2.24, 2.45) is 11.8 Å². The quantitative estimate of drug-likeness (QED) is 0.410. The van der Waals surface area contributed by atoms with E-state index < -0.39 is 15.9 Å². The van der Waals surface area contributed by atoms with E-state index in [4.69, 9.17) is 16.3 Å². The van der Waals surface area contributed by atoms with E-state index in [9.17, 15) is 13.2 Å². The van der Waals surface area contributed by atoms with Gasteiger partial charge in [-0.25, -0.2) is 13.1 Å². The number of thioether (sulfide) groups is 1. The van der Waals surface area contributed by atoms with E-state index in [2.05, 4.69) is 33.5 Å². The fourth-order valence-electron chi connectivity index (χ4n) is 6.72. The zero-order valence-electron chi connectivity index (χ0n) is 22.5. The number of rotatable bonds is 0. The number of benzene rings is 2. The van der Waals surface area contributed by atoms with Crippen LogP contribution in [0.2, 0.25) is 5.02 Å². The molecule has 1 saturated carbocycles. The summed E-state index contributed by atoms with van der Waals surface area (Å²) in [6.07, 6.45) is 8.15. The first kappa shape index (κ1) is 27.3. The molecule has 6 rings (SSSR count). The number of fused-ring (bicyclic) bond motifs is 4. The number of sulfonamides is 1. The minimum atomic E-state index is -4.00. The SMILES string of the molecule is C[C@@H]1CCCCS[C@@H]2CC[C@H]2CN2C[C@@]3(CCCc4cc(Cl)ccc43)COc3ccc(cc32)S(=O)(=O)NC1=O. The molecule has 0 saturated heterocycles. The van der Waals surface area contributed by atoms with Crippen molar-refractivity contribution in [3.63, 3.8) is 0 Å². The third-order valence-corrected chi connectivity index (χ3v) is 12.3. The summed E-state index contributed by atoms with van der Waals surface area (Å²) in [5, 5.41) is 1.38. The maximum Gasteiger partial charge on any atom is 0.264 e. The first-order chi connectivity index (χ1) is 18.7. The smallest absolute Gasteiger partial charge is 0.264 e. The minimum absolute atomic E-state index is 0.105. The lowest BCUT2D eigenvalue weighted by molar-refractivity contribution is -0.122. The molecule has 2 aliphatic carbocycles. The highest BCUT2D eigenvalue weighted by atomic mass is 35.5. The second-order valence-corrected chi connectivity index (χ2v) is 15.3. The summed E-state index contributed by atoms with van der Waals surface area (Å²) in [4.78, 5) is 15.3. The van der Waals surface area contributed by atoms with Crippen molar-refractivity contribution >= 4 is 45.0 Å². The largest absolute Gasteiger partial charge is 0.490 e. The zero-order valence-corrected chi connectivity index (χ0v) is 24.8. The van der Waals surface area contributed by atoms with Gasteiger partial charge in [-0.05, 0) is 98.1 Å². The Labute approximate surface area is 241 Å². The normalized spacial score (nSPS) is 30.7. The van der Waals surface area contributed by atoms with E-state index in [1.165, 1.54) is 24.0 Å². The number of halogens is 1. The molecule has 1 amide bonds. The topological polar surface area (TPSA) is 75.7 Å². The summed E-state index contributed by atoms with van der Waals surface area (Å²) in [5.41, 5.74) is 3.19. The van der Waals surface area contributed by atoms with Crippen LogP contribution >= 0.6 is 23.4 Å². The Balaban J connectivity index is 1.41. The van der Waals surface area contributed by atoms with Crippen LogP contribution in [0.15, 0.2) is 41.3 Å². The predicted octanol–water partition coefficient (Wildman–Crippen LogP) is 5.95. The van der Waals surface area contributed by atoms with Crippen LogP contribution < -0.4 is 14.4 Å². The van der Waals surface area contributed by atoms with Gasteiger partial charge in [-0.1, -0.05) is 31.0 Å². The van der Waals surface area contributed by atoms with Gasteiger partial charge in [0.1, 0.15) is 5.75 Å². The van der Waals surface area contributed by atoms with Crippen LogP contribution in [0.1, 0.15) is 63.0 Å². The molecule has 1 N–H and O–H groups in total. The Kier molecular flexibility index (Phi) is 7.57. The standard InChI is InChI=1S/C30H37ClN2O4S2/c1-20-5-2-3-14-38-28-12-7-22(28)17-33-18-30(13-4-6-21-15-23(31)8-10-25(21)30)19-37-27-11-9-24(16-26(27)33)39(35,36)32-29(20)34/h8-11,15-16,20,22,28H,2-7,12-14,17-19H2,1H3,(H,32,34)/t20-,22+,28-,30+/m1/s1. The Morgan fingerprint density at radius 2 is 1.97 bits per heavy atom. The van der Waals surface area contributed by atoms with Gasteiger partial charge >= 0.3 is 0 Å². The molecule has 2 aromatic rings. The predicted molar refractivity (Wildman–Crippen MR) is 158 cm³/mol. The van der Waals surface area contributed by atoms with Crippen LogP contribution in [0.4, 0.5) is 5.69 Å². The molecule has 39 heavy (non-hydrogen) atoms. The van der Waals surface area contributed by atoms with E-state index >= 15 is 0 Å². The Morgan fingerprint density at radius 1 is 1.10 bits per heavy atom. The van der Waals surface area contributed by atoms with Gasteiger partial charge < -0.3 is 9.64 Å². The lowest BCUT2D eigenvalue weighted by Gasteiger charge is -2.44. The molecule has 4 aliphatic rings. The molecule has 0 unspecified atom stereocenters. The van der Waals surface area contributed by atoms with Crippen LogP contribution in [-0.2, 0) is 26.7 Å². The fraction of sp³-hybridized carbons (Fsp3) is 0.567. The van der Waals surface area contributed by atoms with Gasteiger partial charge in [0.15, 0.2) is 0 Å². The van der Waals surface area contributed by atoms with Crippen LogP contribution in [0.25, 0.3) is 0 Å². The number of aryl methyl sites for hydroxylation is 1. The number of anilines is 1. The summed E-state index contributed by atoms with van der Waals surface area (Å²) < 4.78 is 35.5. The summed E-state index contributed by atoms with van der Waals surface area (Å²) in [7, 11) is -4.00. The maximum absolute atomic E-state index is 13.3. The average molecular weight is 589 g/mol. The first-order valence-electron chi connectivity index (χ1n) is 14.2. The summed E-state index contributed by atoms with van der Waals surface area (Å²) in [6, 6.07) is 11.3. The maximum atomic E-state index is 13.3. The number of amides is 1. The van der Waals surface area contributed by atoms with Gasteiger partial charge in [0.2, 0.25) is 5.91 Å². The van der Waals surface area contributed by atoms with Crippen molar-refractivity contribution in [2.45, 2.75) is 73.9 Å². The summed E-state index contributed by atoms with van der Waals surface area (Å²) >= 11 is 8.45. The highest BCUT2D eigenvalue weighted by Crippen LogP contribution is 2.47. The molecule has 0 radical (unpaired) electrons. The molecule has 2 aromatic carbocycles. The van der Waals surface area contributed by atoms with Crippen molar-refractivity contribution < 1.29 is 17.9 Å². The highest BCUT2D eigenvalue weighted by molar-refractivity contribution is 7.99. The number of hydrogen-bond acceptors (Lipinski definition) is 6. The Morgan fingerprint density at radius 3 is 2.79 bits per heavy atom. The van der Waals surface area contributed by atoms with Crippen molar-refractivity contribution in [1.29, 1.82) is 0 Å². The molecule has 2 heterocycles. The van der Waals surface area contributed by atoms with Crippen molar-refractivity contribution in [3.05, 3.63) is 52.5 Å². The minimum Gasteiger partial charge on any atom is -0.490 e. The second-order valence-electron chi connectivity index (χ2n) is 11.8. The van der Waals surface area contributed by atoms with Crippen LogP contribution in [0, 0.1) is 11.8 Å². The molecule has 2 bridgehead atoms. The number of nitrogens with one attached hydrogen (secondary N) is 1. The van der Waals surface area contributed by atoms with Gasteiger partial charge in [-0.2, -0.15) is 11.8 Å². The van der Waals surface area contributed by atoms with E-state index in [1.807, 2.05) is 13.0 Å². The second kappa shape index (κ2) is 10.8. The van der Waals surface area contributed by atoms with Gasteiger partial charge in [-0.3, -0.25) is 4.79 Å². The van der Waals surface area contributed by atoms with Crippen molar-refractivity contribution in [1.82, 2.24) is 4.72 Å². The monoisotopic (exact) mass is 588 g/mol. The lowest BCUT2D eigenvalue weighted by atomic mass is 9.70. The fourth-order valence-corrected chi connectivity index (χ4v) is 9.48. The van der Waals surface area contributed by atoms with Crippen molar-refractivity contribution in [2.75, 3.05) is 30.3 Å². The molecule has 210 valence electrons. The molecular formula is C30H37ClN2O4S2. The molecular weight excluding hydrogens is 552 g/mol. The lowest BCUT2D eigenvalue weighted by Crippen LogP contribution is -2.49. The zero-order chi connectivity index (χ0) is 27.2. The summed E-state index contributed by atoms with van der Waals surface area (Å²) in [6.45, 7) is 3.97. The molecule has 1 fully saturated rings. The average Bonchev–Trinajstić information content (AvgIpc) is 3.04. The molecule has 6 nitrogen and oxygen atoms in total. The molecule has 4 atom stereocenters. The van der Waals surface area contributed by atoms with E-state index in [-0.39, 0.29) is 16.2 Å². The highest BCUT2D eigenvalue weighted by Gasteiger charge is 2.43. The van der Waals surface area contributed by atoms with E-state index in [0.29, 0.717) is 29.9 Å². The third-order valence-electron chi connectivity index (χ3n) is 9.17. The number of hydrogen-bond donors (Lipinski definition) is 1. The molecule has 1 spiro atoms. The number of nitrogens with zero attached hydrogens (tertiary/aromatic N) is 1. The van der Waals surface area contributed by atoms with Gasteiger partial charge in [0, 0.05) is 34.7 Å². The third kappa shape index (κ3) is 5.41. The number of carbonyl (C=O) groups excluding carboxylic acids is 1. The van der Waals surface area contributed by atoms with E-state index in [1.54, 1.807) is 18.2 Å². The first-order valence-corrected chi connectivity index (χ1v) is 17.1. The van der Waals surface area contributed by atoms with Crippen LogP contribution in [0.5, 0.6) is 5.75 Å². The Hall–Kier alpha value is -1.90. The number of ether oxygens (including phenoxy) is 1. The van der Waals surface area contributed by atoms with E-state index in [0.717, 1.165) is 61.7 Å². The van der Waals surface area contributed by atoms with Gasteiger partial charge in [0.25, 0.3) is 10.0 Å². The summed E-state index contributed by atoms with van der Waals surface area (Å²) in [5.74, 6) is 1.55. The van der Waals surface area contributed by atoms with Crippen LogP contribution in [-0.4, -0.2) is 45.0 Å². The number of carbonyl (C=O) groups is 1. The molecule has 9 heteroatoms. The van der Waals surface area contributed by atoms with Gasteiger partial charge in [0.05, 0.1) is 17.2 Å². The van der Waals surface area contributed by atoms with Crippen molar-refractivity contribution in [3.8, 4) is 5.75 Å².